The first-order valence-corrected chi connectivity index (χ1v) is 10.0. The van der Waals surface area contributed by atoms with Crippen molar-refractivity contribution in [1.82, 2.24) is 14.5 Å². The fourth-order valence-electron chi connectivity index (χ4n) is 3.06. The van der Waals surface area contributed by atoms with Gasteiger partial charge in [0.2, 0.25) is 0 Å². The van der Waals surface area contributed by atoms with E-state index in [1.54, 1.807) is 17.4 Å². The Hall–Kier alpha value is -3.88. The highest BCUT2D eigenvalue weighted by molar-refractivity contribution is 5.89. The number of nitro groups is 1. The van der Waals surface area contributed by atoms with Crippen molar-refractivity contribution in [1.29, 1.82) is 0 Å². The summed E-state index contributed by atoms with van der Waals surface area (Å²) in [5, 5.41) is 13.6. The van der Waals surface area contributed by atoms with E-state index in [4.69, 9.17) is 4.74 Å². The third kappa shape index (κ3) is 6.56. The van der Waals surface area contributed by atoms with Gasteiger partial charge in [0.05, 0.1) is 17.9 Å². The van der Waals surface area contributed by atoms with Gasteiger partial charge in [-0.3, -0.25) is 10.1 Å². The average molecular weight is 423 g/mol. The quantitative estimate of drug-likeness (QED) is 0.387. The van der Waals surface area contributed by atoms with Crippen molar-refractivity contribution in [3.63, 3.8) is 0 Å². The molecule has 162 valence electrons. The average Bonchev–Trinajstić information content (AvgIpc) is 3.28. The molecular formula is C22H25N5O4. The van der Waals surface area contributed by atoms with Gasteiger partial charge in [-0.25, -0.2) is 9.78 Å². The third-order valence-electron chi connectivity index (χ3n) is 4.63. The van der Waals surface area contributed by atoms with Crippen molar-refractivity contribution < 1.29 is 14.5 Å². The van der Waals surface area contributed by atoms with Crippen LogP contribution in [0.4, 0.5) is 16.2 Å². The Kier molecular flexibility index (Phi) is 7.58. The molecule has 1 N–H and O–H groups in total. The summed E-state index contributed by atoms with van der Waals surface area (Å²) in [7, 11) is 0. The van der Waals surface area contributed by atoms with Gasteiger partial charge in [-0.05, 0) is 43.2 Å². The Balaban J connectivity index is 1.66. The lowest BCUT2D eigenvalue weighted by Crippen LogP contribution is -2.35. The summed E-state index contributed by atoms with van der Waals surface area (Å²) in [4.78, 5) is 29.0. The maximum absolute atomic E-state index is 12.9. The van der Waals surface area contributed by atoms with Gasteiger partial charge in [0.1, 0.15) is 5.75 Å². The lowest BCUT2D eigenvalue weighted by atomic mass is 10.2. The molecule has 9 heteroatoms. The molecule has 0 radical (unpaired) electrons. The number of hydrogen-bond acceptors (Lipinski definition) is 5. The summed E-state index contributed by atoms with van der Waals surface area (Å²) in [5.41, 5.74) is 1.46. The summed E-state index contributed by atoms with van der Waals surface area (Å²) in [6, 6.07) is 13.2. The summed E-state index contributed by atoms with van der Waals surface area (Å²) < 4.78 is 7.44. The molecule has 1 heterocycles. The van der Waals surface area contributed by atoms with E-state index in [1.165, 1.54) is 24.3 Å². The van der Waals surface area contributed by atoms with Gasteiger partial charge < -0.3 is 19.5 Å². The maximum Gasteiger partial charge on any atom is 0.322 e. The minimum absolute atomic E-state index is 0.0235. The molecule has 2 amide bonds. The predicted molar refractivity (Wildman–Crippen MR) is 117 cm³/mol. The zero-order chi connectivity index (χ0) is 22.1. The zero-order valence-corrected chi connectivity index (χ0v) is 17.3. The molecule has 0 aliphatic rings. The first-order valence-electron chi connectivity index (χ1n) is 10.0. The van der Waals surface area contributed by atoms with Crippen molar-refractivity contribution in [3.05, 3.63) is 82.9 Å². The number of nitrogens with zero attached hydrogens (tertiary/aromatic N) is 4. The lowest BCUT2D eigenvalue weighted by molar-refractivity contribution is -0.384. The Bertz CT molecular complexity index is 972. The number of urea groups is 1. The van der Waals surface area contributed by atoms with Crippen LogP contribution in [0.2, 0.25) is 0 Å². The molecule has 3 rings (SSSR count). The number of carbonyl (C=O) groups excluding carboxylic acids is 1. The molecule has 9 nitrogen and oxygen atoms in total. The summed E-state index contributed by atoms with van der Waals surface area (Å²) >= 11 is 0. The second kappa shape index (κ2) is 10.8. The van der Waals surface area contributed by atoms with Crippen LogP contribution in [0, 0.1) is 10.1 Å². The predicted octanol–water partition coefficient (Wildman–Crippen LogP) is 4.31. The van der Waals surface area contributed by atoms with Crippen LogP contribution in [0.25, 0.3) is 0 Å². The third-order valence-corrected chi connectivity index (χ3v) is 4.63. The monoisotopic (exact) mass is 423 g/mol. The first-order chi connectivity index (χ1) is 15.0. The highest BCUT2D eigenvalue weighted by Gasteiger charge is 2.15. The van der Waals surface area contributed by atoms with Crippen LogP contribution < -0.4 is 10.1 Å². The first kappa shape index (κ1) is 21.8. The number of nitro benzene ring substituents is 1. The Morgan fingerprint density at radius 2 is 1.94 bits per heavy atom. The molecule has 0 aliphatic heterocycles. The van der Waals surface area contributed by atoms with Gasteiger partial charge in [-0.2, -0.15) is 0 Å². The molecule has 0 aliphatic carbocycles. The highest BCUT2D eigenvalue weighted by Crippen LogP contribution is 2.18. The smallest absolute Gasteiger partial charge is 0.322 e. The molecule has 0 atom stereocenters. The normalized spacial score (nSPS) is 10.5. The molecule has 0 spiro atoms. The van der Waals surface area contributed by atoms with Gasteiger partial charge in [-0.15, -0.1) is 0 Å². The Morgan fingerprint density at radius 3 is 2.55 bits per heavy atom. The van der Waals surface area contributed by atoms with E-state index in [0.717, 1.165) is 24.3 Å². The SMILES string of the molecule is CCOc1ccc(CN(CCCn2ccnc2)C(=O)Nc2ccc([N+](=O)[O-])cc2)cc1. The van der Waals surface area contributed by atoms with Gasteiger partial charge in [0, 0.05) is 49.8 Å². The highest BCUT2D eigenvalue weighted by atomic mass is 16.6. The van der Waals surface area contributed by atoms with E-state index < -0.39 is 4.92 Å². The van der Waals surface area contributed by atoms with E-state index in [2.05, 4.69) is 10.3 Å². The Labute approximate surface area is 180 Å². The summed E-state index contributed by atoms with van der Waals surface area (Å²) in [6.07, 6.45) is 6.10. The number of anilines is 1. The number of aryl methyl sites for hydroxylation is 1. The molecule has 0 fully saturated rings. The summed E-state index contributed by atoms with van der Waals surface area (Å²) in [6.45, 7) is 4.22. The van der Waals surface area contributed by atoms with Crippen LogP contribution in [-0.2, 0) is 13.1 Å². The molecule has 0 bridgehead atoms. The van der Waals surface area contributed by atoms with E-state index >= 15 is 0 Å². The van der Waals surface area contributed by atoms with Crippen LogP contribution in [0.3, 0.4) is 0 Å². The number of non-ortho nitro benzene ring substituents is 1. The molecule has 0 saturated heterocycles. The van der Waals surface area contributed by atoms with Gasteiger partial charge in [0.25, 0.3) is 5.69 Å². The van der Waals surface area contributed by atoms with Gasteiger partial charge in [0.15, 0.2) is 0 Å². The van der Waals surface area contributed by atoms with Crippen LogP contribution in [0.1, 0.15) is 18.9 Å². The molecule has 31 heavy (non-hydrogen) atoms. The molecule has 1 aromatic heterocycles. The number of rotatable bonds is 10. The number of hydrogen-bond donors (Lipinski definition) is 1. The van der Waals surface area contributed by atoms with Gasteiger partial charge in [-0.1, -0.05) is 12.1 Å². The Morgan fingerprint density at radius 1 is 1.19 bits per heavy atom. The van der Waals surface area contributed by atoms with Crippen molar-refractivity contribution in [2.24, 2.45) is 0 Å². The van der Waals surface area contributed by atoms with Crippen LogP contribution in [0.15, 0.2) is 67.3 Å². The molecule has 3 aromatic rings. The number of nitrogens with one attached hydrogen (secondary N) is 1. The van der Waals surface area contributed by atoms with Crippen molar-refractivity contribution in [2.75, 3.05) is 18.5 Å². The minimum atomic E-state index is -0.472. The fourth-order valence-corrected chi connectivity index (χ4v) is 3.06. The molecule has 2 aromatic carbocycles. The number of aromatic nitrogens is 2. The minimum Gasteiger partial charge on any atom is -0.494 e. The lowest BCUT2D eigenvalue weighted by Gasteiger charge is -2.23. The number of imidazole rings is 1. The number of amides is 2. The largest absolute Gasteiger partial charge is 0.494 e. The van der Waals surface area contributed by atoms with Crippen LogP contribution >= 0.6 is 0 Å². The zero-order valence-electron chi connectivity index (χ0n) is 17.3. The van der Waals surface area contributed by atoms with Crippen molar-refractivity contribution >= 4 is 17.4 Å². The molecular weight excluding hydrogens is 398 g/mol. The van der Waals surface area contributed by atoms with E-state index in [9.17, 15) is 14.9 Å². The number of carbonyl (C=O) groups is 1. The number of ether oxygens (including phenoxy) is 1. The topological polar surface area (TPSA) is 103 Å². The second-order valence-corrected chi connectivity index (χ2v) is 6.89. The molecule has 0 saturated carbocycles. The van der Waals surface area contributed by atoms with E-state index in [-0.39, 0.29) is 11.7 Å². The standard InChI is InChI=1S/C22H25N5O4/c1-2-31-21-10-4-18(5-11-21)16-26(14-3-13-25-15-12-23-17-25)22(28)24-19-6-8-20(9-7-19)27(29)30/h4-12,15,17H,2-3,13-14,16H2,1H3,(H,24,28). The van der Waals surface area contributed by atoms with Crippen molar-refractivity contribution in [2.45, 2.75) is 26.4 Å². The van der Waals surface area contributed by atoms with Crippen LogP contribution in [-0.4, -0.2) is 38.6 Å². The van der Waals surface area contributed by atoms with Crippen molar-refractivity contribution in [3.8, 4) is 5.75 Å². The number of benzene rings is 2. The van der Waals surface area contributed by atoms with E-state index in [1.807, 2.05) is 42.0 Å². The molecule has 0 unspecified atom stereocenters. The van der Waals surface area contributed by atoms with Gasteiger partial charge >= 0.3 is 6.03 Å². The summed E-state index contributed by atoms with van der Waals surface area (Å²) in [5.74, 6) is 0.785. The maximum atomic E-state index is 12.9. The van der Waals surface area contributed by atoms with Crippen LogP contribution in [0.5, 0.6) is 5.75 Å². The fraction of sp³-hybridized carbons (Fsp3) is 0.273. The second-order valence-electron chi connectivity index (χ2n) is 6.89. The van der Waals surface area contributed by atoms with E-state index in [0.29, 0.717) is 25.4 Å².